The van der Waals surface area contributed by atoms with Gasteiger partial charge in [-0.05, 0) is 93.8 Å². The van der Waals surface area contributed by atoms with Crippen LogP contribution in [0.25, 0.3) is 0 Å². The Balaban J connectivity index is 1.29. The molecule has 206 valence electrons. The lowest BCUT2D eigenvalue weighted by atomic mass is 9.49. The van der Waals surface area contributed by atoms with Crippen molar-refractivity contribution < 1.29 is 23.7 Å². The molecule has 0 bridgehead atoms. The van der Waals surface area contributed by atoms with E-state index in [0.717, 1.165) is 51.7 Å². The first kappa shape index (κ1) is 26.2. The van der Waals surface area contributed by atoms with Crippen LogP contribution in [0.4, 0.5) is 0 Å². The molecule has 3 saturated carbocycles. The Morgan fingerprint density at radius 2 is 1.65 bits per heavy atom. The number of aldehydes is 1. The lowest BCUT2D eigenvalue weighted by molar-refractivity contribution is -0.242. The summed E-state index contributed by atoms with van der Waals surface area (Å²) >= 11 is 0. The fourth-order valence-electron chi connectivity index (χ4n) is 9.34. The average Bonchev–Trinajstić information content (AvgIpc) is 3.27. The fraction of sp³-hybridized carbons (Fsp3) is 0.844. The van der Waals surface area contributed by atoms with Crippen LogP contribution in [0.3, 0.4) is 0 Å². The van der Waals surface area contributed by atoms with Crippen LogP contribution in [0.15, 0.2) is 23.3 Å². The molecule has 6 rings (SSSR count). The van der Waals surface area contributed by atoms with Gasteiger partial charge in [0.25, 0.3) is 0 Å². The maximum atomic E-state index is 11.8. The number of ether oxygens (including phenoxy) is 4. The van der Waals surface area contributed by atoms with Crippen LogP contribution in [0.1, 0.15) is 97.8 Å². The highest BCUT2D eigenvalue weighted by atomic mass is 16.7. The van der Waals surface area contributed by atoms with Gasteiger partial charge < -0.3 is 23.7 Å². The normalized spacial score (nSPS) is 46.6. The van der Waals surface area contributed by atoms with Gasteiger partial charge in [-0.15, -0.1) is 0 Å². The summed E-state index contributed by atoms with van der Waals surface area (Å²) in [5.41, 5.74) is 3.32. The summed E-state index contributed by atoms with van der Waals surface area (Å²) < 4.78 is 25.6. The van der Waals surface area contributed by atoms with Crippen molar-refractivity contribution in [3.05, 3.63) is 23.3 Å². The van der Waals surface area contributed by atoms with E-state index in [0.29, 0.717) is 17.8 Å². The van der Waals surface area contributed by atoms with E-state index in [1.54, 1.807) is 5.57 Å². The van der Waals surface area contributed by atoms with Gasteiger partial charge in [-0.2, -0.15) is 0 Å². The second-order valence-corrected chi connectivity index (χ2v) is 13.4. The molecule has 0 aromatic rings. The molecule has 2 unspecified atom stereocenters. The Bertz CT molecular complexity index is 899. The Hall–Kier alpha value is -1.01. The van der Waals surface area contributed by atoms with Crippen molar-refractivity contribution in [1.29, 1.82) is 0 Å². The summed E-state index contributed by atoms with van der Waals surface area (Å²) in [6.07, 6.45) is 19.4. The molecular formula is C32H48O5. The average molecular weight is 513 g/mol. The molecule has 4 aliphatic carbocycles. The van der Waals surface area contributed by atoms with Crippen LogP contribution in [0, 0.1) is 34.5 Å². The van der Waals surface area contributed by atoms with Gasteiger partial charge in [0.2, 0.25) is 0 Å². The zero-order valence-electron chi connectivity index (χ0n) is 23.3. The number of hydrogen-bond donors (Lipinski definition) is 0. The predicted molar refractivity (Wildman–Crippen MR) is 143 cm³/mol. The van der Waals surface area contributed by atoms with Gasteiger partial charge in [-0.1, -0.05) is 44.1 Å². The molecule has 5 heteroatoms. The highest BCUT2D eigenvalue weighted by molar-refractivity contribution is 5.54. The standard InChI is InChI=1S/C32H48O5/c1-21(20-33)25-12-13-26-24-11-10-22-18-23(36-29-8-4-6-16-34-29)19-28(37-30-9-5-7-17-35-30)32(22,3)27(24)14-15-31(25,26)2/h10-11,20-21,23,25-30H,4-9,12-19H2,1-3H3/t21-,23+,25+,26-,27-,28-,29?,30?,31+,32-/m0/s1. The Morgan fingerprint density at radius 1 is 0.919 bits per heavy atom. The molecule has 0 amide bonds. The van der Waals surface area contributed by atoms with Crippen LogP contribution in [-0.4, -0.2) is 44.3 Å². The smallest absolute Gasteiger partial charge is 0.157 e. The van der Waals surface area contributed by atoms with Gasteiger partial charge in [0.15, 0.2) is 12.6 Å². The summed E-state index contributed by atoms with van der Waals surface area (Å²) in [5.74, 6) is 1.71. The molecule has 2 heterocycles. The Labute approximate surface area is 223 Å². The van der Waals surface area contributed by atoms with E-state index in [9.17, 15) is 4.79 Å². The summed E-state index contributed by atoms with van der Waals surface area (Å²) in [6.45, 7) is 8.72. The minimum Gasteiger partial charge on any atom is -0.353 e. The van der Waals surface area contributed by atoms with Crippen molar-refractivity contribution in [3.63, 3.8) is 0 Å². The molecule has 2 saturated heterocycles. The molecule has 0 aromatic carbocycles. The van der Waals surface area contributed by atoms with Crippen molar-refractivity contribution in [2.24, 2.45) is 34.5 Å². The van der Waals surface area contributed by atoms with Gasteiger partial charge in [0.05, 0.1) is 12.2 Å². The molecule has 0 spiro atoms. The molecule has 5 nitrogen and oxygen atoms in total. The van der Waals surface area contributed by atoms with Crippen LogP contribution in [0.5, 0.6) is 0 Å². The Morgan fingerprint density at radius 3 is 2.32 bits per heavy atom. The maximum Gasteiger partial charge on any atom is 0.157 e. The number of fused-ring (bicyclic) bond motifs is 5. The summed E-state index contributed by atoms with van der Waals surface area (Å²) in [7, 11) is 0. The molecule has 37 heavy (non-hydrogen) atoms. The highest BCUT2D eigenvalue weighted by Crippen LogP contribution is 2.66. The zero-order chi connectivity index (χ0) is 25.6. The first-order valence-electron chi connectivity index (χ1n) is 15.3. The molecule has 6 aliphatic rings. The summed E-state index contributed by atoms with van der Waals surface area (Å²) in [6, 6.07) is 0. The van der Waals surface area contributed by atoms with E-state index >= 15 is 0 Å². The highest BCUT2D eigenvalue weighted by Gasteiger charge is 2.59. The second-order valence-electron chi connectivity index (χ2n) is 13.4. The number of carbonyl (C=O) groups is 1. The summed E-state index contributed by atoms with van der Waals surface area (Å²) in [4.78, 5) is 11.8. The van der Waals surface area contributed by atoms with Crippen LogP contribution < -0.4 is 0 Å². The molecule has 0 radical (unpaired) electrons. The molecule has 5 fully saturated rings. The minimum absolute atomic E-state index is 0.0339. The molecule has 0 N–H and O–H groups in total. The van der Waals surface area contributed by atoms with Gasteiger partial charge in [-0.25, -0.2) is 0 Å². The number of hydrogen-bond acceptors (Lipinski definition) is 5. The first-order chi connectivity index (χ1) is 17.9. The number of carbonyl (C=O) groups excluding carboxylic acids is 1. The van der Waals surface area contributed by atoms with E-state index in [4.69, 9.17) is 18.9 Å². The van der Waals surface area contributed by atoms with Gasteiger partial charge >= 0.3 is 0 Å². The lowest BCUT2D eigenvalue weighted by Crippen LogP contribution is -2.55. The topological polar surface area (TPSA) is 54.0 Å². The summed E-state index contributed by atoms with van der Waals surface area (Å²) in [5, 5.41) is 0. The fourth-order valence-corrected chi connectivity index (χ4v) is 9.34. The van der Waals surface area contributed by atoms with E-state index in [1.165, 1.54) is 50.4 Å². The zero-order valence-corrected chi connectivity index (χ0v) is 23.3. The van der Waals surface area contributed by atoms with Crippen molar-refractivity contribution in [2.45, 2.75) is 123 Å². The minimum atomic E-state index is -0.103. The van der Waals surface area contributed by atoms with Crippen LogP contribution in [-0.2, 0) is 23.7 Å². The maximum absolute atomic E-state index is 11.8. The van der Waals surface area contributed by atoms with Crippen molar-refractivity contribution in [3.8, 4) is 0 Å². The van der Waals surface area contributed by atoms with E-state index in [1.807, 2.05) is 0 Å². The van der Waals surface area contributed by atoms with Crippen molar-refractivity contribution >= 4 is 6.29 Å². The van der Waals surface area contributed by atoms with E-state index < -0.39 is 0 Å². The van der Waals surface area contributed by atoms with Crippen LogP contribution >= 0.6 is 0 Å². The lowest BCUT2D eigenvalue weighted by Gasteiger charge is -2.58. The number of allylic oxidation sites excluding steroid dienone is 3. The van der Waals surface area contributed by atoms with Crippen molar-refractivity contribution in [1.82, 2.24) is 0 Å². The van der Waals surface area contributed by atoms with E-state index in [2.05, 4.69) is 32.9 Å². The van der Waals surface area contributed by atoms with Crippen LogP contribution in [0.2, 0.25) is 0 Å². The third-order valence-electron chi connectivity index (χ3n) is 11.5. The molecule has 2 aliphatic heterocycles. The predicted octanol–water partition coefficient (Wildman–Crippen LogP) is 6.75. The molecule has 0 aromatic heterocycles. The quantitative estimate of drug-likeness (QED) is 0.368. The van der Waals surface area contributed by atoms with Gasteiger partial charge in [0.1, 0.15) is 6.29 Å². The Kier molecular flexibility index (Phi) is 7.46. The second kappa shape index (κ2) is 10.5. The van der Waals surface area contributed by atoms with Crippen molar-refractivity contribution in [2.75, 3.05) is 13.2 Å². The van der Waals surface area contributed by atoms with E-state index in [-0.39, 0.29) is 41.5 Å². The largest absolute Gasteiger partial charge is 0.353 e. The molecule has 10 atom stereocenters. The first-order valence-corrected chi connectivity index (χ1v) is 15.3. The van der Waals surface area contributed by atoms with Gasteiger partial charge in [-0.3, -0.25) is 0 Å². The number of rotatable bonds is 6. The SMILES string of the molecule is C[C@@H](C=O)[C@H]1CC[C@H]2C3=CC=C4C[C@@H](OC5CCCCO5)C[C@H](OC5CCCCO5)[C@]4(C)[C@H]3CC[C@]12C. The van der Waals surface area contributed by atoms with Gasteiger partial charge in [0, 0.05) is 31.0 Å². The monoisotopic (exact) mass is 512 g/mol. The molecular weight excluding hydrogens is 464 g/mol. The third-order valence-corrected chi connectivity index (χ3v) is 11.5. The third kappa shape index (κ3) is 4.60.